The highest BCUT2D eigenvalue weighted by molar-refractivity contribution is 6.31. The van der Waals surface area contributed by atoms with E-state index >= 15 is 0 Å². The Morgan fingerprint density at radius 3 is 2.33 bits per heavy atom. The van der Waals surface area contributed by atoms with Crippen LogP contribution >= 0.6 is 0 Å². The highest BCUT2D eigenvalue weighted by atomic mass is 16.2. The van der Waals surface area contributed by atoms with Crippen molar-refractivity contribution in [2.24, 2.45) is 0 Å². The van der Waals surface area contributed by atoms with Gasteiger partial charge in [0.1, 0.15) is 5.57 Å². The molecule has 0 aliphatic carbocycles. The molecule has 24 heavy (non-hydrogen) atoms. The summed E-state index contributed by atoms with van der Waals surface area (Å²) >= 11 is 0. The lowest BCUT2D eigenvalue weighted by Gasteiger charge is -2.16. The highest BCUT2D eigenvalue weighted by Gasteiger charge is 2.34. The molecule has 0 radical (unpaired) electrons. The van der Waals surface area contributed by atoms with E-state index in [9.17, 15) is 9.59 Å². The molecule has 0 atom stereocenters. The van der Waals surface area contributed by atoms with Crippen LogP contribution in [0.4, 0.5) is 11.4 Å². The Hall–Kier alpha value is -3.08. The zero-order valence-electron chi connectivity index (χ0n) is 13.7. The molecule has 0 unspecified atom stereocenters. The fourth-order valence-electron chi connectivity index (χ4n) is 2.49. The van der Waals surface area contributed by atoms with E-state index in [0.717, 1.165) is 17.8 Å². The summed E-state index contributed by atoms with van der Waals surface area (Å²) in [5.74, 6) is -0.737. The fourth-order valence-corrected chi connectivity index (χ4v) is 2.49. The molecule has 5 heteroatoms. The van der Waals surface area contributed by atoms with Gasteiger partial charge in [-0.2, -0.15) is 0 Å². The Morgan fingerprint density at radius 1 is 1.04 bits per heavy atom. The molecule has 1 saturated heterocycles. The van der Waals surface area contributed by atoms with Crippen LogP contribution in [-0.4, -0.2) is 25.4 Å². The number of amides is 2. The Labute approximate surface area is 141 Å². The van der Waals surface area contributed by atoms with Gasteiger partial charge in [-0.1, -0.05) is 30.3 Å². The Morgan fingerprint density at radius 2 is 1.71 bits per heavy atom. The molecule has 0 bridgehead atoms. The average molecular weight is 321 g/mol. The summed E-state index contributed by atoms with van der Waals surface area (Å²) in [4.78, 5) is 26.8. The van der Waals surface area contributed by atoms with E-state index in [1.807, 2.05) is 49.5 Å². The summed E-state index contributed by atoms with van der Waals surface area (Å²) in [6.45, 7) is 2.99. The van der Waals surface area contributed by atoms with Crippen LogP contribution < -0.4 is 15.3 Å². The molecule has 0 saturated carbocycles. The monoisotopic (exact) mass is 321 g/mol. The first kappa shape index (κ1) is 15.8. The second-order valence-corrected chi connectivity index (χ2v) is 5.58. The number of carbonyl (C=O) groups is 2. The van der Waals surface area contributed by atoms with Gasteiger partial charge in [0.05, 0.1) is 5.69 Å². The van der Waals surface area contributed by atoms with Crippen LogP contribution in [0.5, 0.6) is 0 Å². The standard InChI is InChI=1S/C19H19N3O2/c1-3-21(2)15-11-9-14(10-12-15)13-17-18(23)20-22(19(17)24)16-7-5-4-6-8-16/h4-13H,3H2,1-2H3,(H,20,23). The number of rotatable bonds is 4. The Kier molecular flexibility index (Phi) is 4.33. The van der Waals surface area contributed by atoms with Gasteiger partial charge in [0.15, 0.2) is 0 Å². The van der Waals surface area contributed by atoms with Gasteiger partial charge < -0.3 is 4.90 Å². The lowest BCUT2D eigenvalue weighted by atomic mass is 10.1. The number of carbonyl (C=O) groups excluding carboxylic acids is 2. The number of nitrogens with zero attached hydrogens (tertiary/aromatic N) is 2. The van der Waals surface area contributed by atoms with Gasteiger partial charge in [0.2, 0.25) is 0 Å². The van der Waals surface area contributed by atoms with Gasteiger partial charge in [0, 0.05) is 19.3 Å². The van der Waals surface area contributed by atoms with E-state index in [2.05, 4.69) is 17.2 Å². The van der Waals surface area contributed by atoms with Crippen LogP contribution in [0.1, 0.15) is 12.5 Å². The summed E-state index contributed by atoms with van der Waals surface area (Å²) in [6, 6.07) is 16.8. The number of hydrogen-bond donors (Lipinski definition) is 1. The minimum absolute atomic E-state index is 0.135. The molecule has 2 aromatic rings. The predicted molar refractivity (Wildman–Crippen MR) is 95.4 cm³/mol. The summed E-state index contributed by atoms with van der Waals surface area (Å²) in [6.07, 6.45) is 1.62. The third-order valence-electron chi connectivity index (χ3n) is 4.03. The van der Waals surface area contributed by atoms with E-state index in [0.29, 0.717) is 5.69 Å². The molecule has 1 fully saturated rings. The number of anilines is 2. The van der Waals surface area contributed by atoms with Crippen LogP contribution in [-0.2, 0) is 9.59 Å². The number of hydrogen-bond acceptors (Lipinski definition) is 3. The molecular weight excluding hydrogens is 302 g/mol. The summed E-state index contributed by atoms with van der Waals surface area (Å²) in [7, 11) is 2.01. The summed E-state index contributed by atoms with van der Waals surface area (Å²) in [5.41, 5.74) is 5.28. The fraction of sp³-hybridized carbons (Fsp3) is 0.158. The van der Waals surface area contributed by atoms with Crippen molar-refractivity contribution in [1.82, 2.24) is 5.43 Å². The van der Waals surface area contributed by atoms with Crippen LogP contribution in [0.2, 0.25) is 0 Å². The van der Waals surface area contributed by atoms with Crippen LogP contribution in [0.3, 0.4) is 0 Å². The Balaban J connectivity index is 1.85. The normalized spacial score (nSPS) is 15.8. The molecular formula is C19H19N3O2. The van der Waals surface area contributed by atoms with Crippen LogP contribution in [0.15, 0.2) is 60.2 Å². The van der Waals surface area contributed by atoms with E-state index in [-0.39, 0.29) is 11.5 Å². The molecule has 3 rings (SSSR count). The molecule has 2 amide bonds. The average Bonchev–Trinajstić information content (AvgIpc) is 2.90. The predicted octanol–water partition coefficient (Wildman–Crippen LogP) is 2.60. The molecule has 5 nitrogen and oxygen atoms in total. The molecule has 1 aliphatic rings. The number of para-hydroxylation sites is 1. The second-order valence-electron chi connectivity index (χ2n) is 5.58. The zero-order valence-corrected chi connectivity index (χ0v) is 13.7. The molecule has 0 aromatic heterocycles. The highest BCUT2D eigenvalue weighted by Crippen LogP contribution is 2.22. The summed E-state index contributed by atoms with van der Waals surface area (Å²) < 4.78 is 0. The second kappa shape index (κ2) is 6.58. The zero-order chi connectivity index (χ0) is 17.1. The minimum atomic E-state index is -0.390. The van der Waals surface area contributed by atoms with Crippen molar-refractivity contribution in [3.8, 4) is 0 Å². The first-order valence-corrected chi connectivity index (χ1v) is 7.83. The number of nitrogens with one attached hydrogen (secondary N) is 1. The van der Waals surface area contributed by atoms with E-state index in [1.165, 1.54) is 5.01 Å². The van der Waals surface area contributed by atoms with Crippen LogP contribution in [0, 0.1) is 0 Å². The third kappa shape index (κ3) is 3.01. The lowest BCUT2D eigenvalue weighted by molar-refractivity contribution is -0.117. The van der Waals surface area contributed by atoms with E-state index < -0.39 is 5.91 Å². The Bertz CT molecular complexity index is 782. The molecule has 0 spiro atoms. The van der Waals surface area contributed by atoms with Crippen molar-refractivity contribution in [2.75, 3.05) is 23.5 Å². The molecule has 2 aromatic carbocycles. The molecule has 1 N–H and O–H groups in total. The number of hydrazine groups is 1. The summed E-state index contributed by atoms with van der Waals surface area (Å²) in [5, 5.41) is 1.27. The molecule has 1 aliphatic heterocycles. The minimum Gasteiger partial charge on any atom is -0.375 e. The van der Waals surface area contributed by atoms with E-state index in [1.54, 1.807) is 18.2 Å². The maximum atomic E-state index is 12.5. The van der Waals surface area contributed by atoms with Crippen molar-refractivity contribution in [3.63, 3.8) is 0 Å². The van der Waals surface area contributed by atoms with Gasteiger partial charge in [0.25, 0.3) is 11.8 Å². The number of benzene rings is 2. The van der Waals surface area contributed by atoms with Crippen molar-refractivity contribution in [3.05, 3.63) is 65.7 Å². The molecule has 122 valence electrons. The topological polar surface area (TPSA) is 52.7 Å². The third-order valence-corrected chi connectivity index (χ3v) is 4.03. The molecule has 1 heterocycles. The lowest BCUT2D eigenvalue weighted by Crippen LogP contribution is -2.35. The first-order chi connectivity index (χ1) is 11.6. The van der Waals surface area contributed by atoms with Crippen molar-refractivity contribution in [1.29, 1.82) is 0 Å². The van der Waals surface area contributed by atoms with Gasteiger partial charge in [-0.15, -0.1) is 0 Å². The largest absolute Gasteiger partial charge is 0.375 e. The van der Waals surface area contributed by atoms with Gasteiger partial charge in [-0.3, -0.25) is 15.0 Å². The van der Waals surface area contributed by atoms with Crippen molar-refractivity contribution in [2.45, 2.75) is 6.92 Å². The first-order valence-electron chi connectivity index (χ1n) is 7.83. The van der Waals surface area contributed by atoms with Gasteiger partial charge in [-0.25, -0.2) is 5.01 Å². The van der Waals surface area contributed by atoms with Gasteiger partial charge >= 0.3 is 0 Å². The SMILES string of the molecule is CCN(C)c1ccc(C=C2C(=O)NN(c3ccccc3)C2=O)cc1. The van der Waals surface area contributed by atoms with Crippen molar-refractivity contribution < 1.29 is 9.59 Å². The quantitative estimate of drug-likeness (QED) is 0.696. The van der Waals surface area contributed by atoms with Crippen LogP contribution in [0.25, 0.3) is 6.08 Å². The maximum absolute atomic E-state index is 12.5. The van der Waals surface area contributed by atoms with Gasteiger partial charge in [-0.05, 0) is 42.8 Å². The van der Waals surface area contributed by atoms with E-state index in [4.69, 9.17) is 0 Å². The smallest absolute Gasteiger partial charge is 0.282 e. The van der Waals surface area contributed by atoms with Crippen molar-refractivity contribution >= 4 is 29.3 Å². The maximum Gasteiger partial charge on any atom is 0.282 e.